The minimum Gasteiger partial charge on any atom is -0.508 e. The van der Waals surface area contributed by atoms with Crippen LogP contribution < -0.4 is 10.9 Å². The minimum atomic E-state index is -0.0290. The molecule has 0 saturated carbocycles. The van der Waals surface area contributed by atoms with E-state index in [1.165, 1.54) is 6.07 Å². The van der Waals surface area contributed by atoms with Gasteiger partial charge in [0.15, 0.2) is 0 Å². The number of nitrogens with one attached hydrogen (secondary N) is 1. The minimum absolute atomic E-state index is 0.0290. The van der Waals surface area contributed by atoms with Crippen LogP contribution >= 0.6 is 11.6 Å². The Morgan fingerprint density at radius 1 is 1.32 bits per heavy atom. The van der Waals surface area contributed by atoms with Crippen molar-refractivity contribution in [3.63, 3.8) is 0 Å². The van der Waals surface area contributed by atoms with Crippen molar-refractivity contribution >= 4 is 17.3 Å². The molecule has 2 rings (SSSR count). The van der Waals surface area contributed by atoms with E-state index >= 15 is 0 Å². The van der Waals surface area contributed by atoms with Gasteiger partial charge in [0.25, 0.3) is 5.56 Å². The molecule has 0 atom stereocenters. The highest BCUT2D eigenvalue weighted by atomic mass is 35.5. The number of benzene rings is 1. The van der Waals surface area contributed by atoms with Crippen LogP contribution in [0.3, 0.4) is 0 Å². The molecule has 0 spiro atoms. The van der Waals surface area contributed by atoms with Gasteiger partial charge in [0.05, 0.1) is 5.69 Å². The van der Waals surface area contributed by atoms with Crippen LogP contribution in [0.5, 0.6) is 5.75 Å². The van der Waals surface area contributed by atoms with Crippen molar-refractivity contribution in [2.24, 2.45) is 0 Å². The molecule has 0 aliphatic carbocycles. The summed E-state index contributed by atoms with van der Waals surface area (Å²) in [6, 6.07) is 8.14. The van der Waals surface area contributed by atoms with Gasteiger partial charge in [0, 0.05) is 35.9 Å². The number of hydrogen-bond donors (Lipinski definition) is 2. The van der Waals surface area contributed by atoms with E-state index < -0.39 is 0 Å². The van der Waals surface area contributed by atoms with Gasteiger partial charge in [0.2, 0.25) is 0 Å². The summed E-state index contributed by atoms with van der Waals surface area (Å²) in [5.74, 6) is 0.195. The summed E-state index contributed by atoms with van der Waals surface area (Å²) < 4.78 is 1.61. The summed E-state index contributed by atoms with van der Waals surface area (Å²) in [7, 11) is 0. The smallest absolute Gasteiger partial charge is 0.250 e. The number of phenolic OH excluding ortho intramolecular Hbond substituents is 1. The summed E-state index contributed by atoms with van der Waals surface area (Å²) in [5, 5.41) is 13.4. The molecule has 2 aromatic rings. The van der Waals surface area contributed by atoms with E-state index in [9.17, 15) is 9.90 Å². The van der Waals surface area contributed by atoms with Crippen molar-refractivity contribution in [2.45, 2.75) is 20.0 Å². The van der Waals surface area contributed by atoms with Crippen molar-refractivity contribution in [1.29, 1.82) is 0 Å². The summed E-state index contributed by atoms with van der Waals surface area (Å²) in [6.45, 7) is 2.97. The fourth-order valence-electron chi connectivity index (χ4n) is 1.78. The van der Waals surface area contributed by atoms with Crippen molar-refractivity contribution in [3.8, 4) is 5.75 Å². The first-order valence-corrected chi connectivity index (χ1v) is 6.39. The Kier molecular flexibility index (Phi) is 4.12. The number of pyridine rings is 1. The van der Waals surface area contributed by atoms with Crippen LogP contribution in [0.25, 0.3) is 0 Å². The number of aromatic hydroxyl groups is 1. The molecular formula is C14H15ClN2O2. The second-order valence-electron chi connectivity index (χ2n) is 4.17. The first-order chi connectivity index (χ1) is 9.10. The predicted octanol–water partition coefficient (Wildman–Crippen LogP) is 2.84. The van der Waals surface area contributed by atoms with Gasteiger partial charge in [-0.05, 0) is 31.2 Å². The van der Waals surface area contributed by atoms with Gasteiger partial charge in [0.1, 0.15) is 5.75 Å². The second-order valence-corrected chi connectivity index (χ2v) is 4.61. The molecule has 0 aliphatic rings. The maximum atomic E-state index is 11.5. The Labute approximate surface area is 116 Å². The molecule has 1 heterocycles. The predicted molar refractivity (Wildman–Crippen MR) is 76.8 cm³/mol. The van der Waals surface area contributed by atoms with Crippen LogP contribution in [-0.4, -0.2) is 9.67 Å². The molecular weight excluding hydrogens is 264 g/mol. The molecule has 0 fully saturated rings. The fraction of sp³-hybridized carbons (Fsp3) is 0.214. The Balaban J connectivity index is 2.14. The van der Waals surface area contributed by atoms with Crippen LogP contribution in [0.15, 0.2) is 41.3 Å². The third-order valence-corrected chi connectivity index (χ3v) is 3.08. The Bertz CT molecular complexity index is 638. The lowest BCUT2D eigenvalue weighted by atomic mass is 10.2. The van der Waals surface area contributed by atoms with Crippen molar-refractivity contribution in [2.75, 3.05) is 5.32 Å². The molecule has 1 aromatic heterocycles. The standard InChI is InChI=1S/C14H15ClN2O2/c1-2-17-9-12(4-6-14(17)19)16-8-10-7-11(15)3-5-13(10)18/h3-7,9,16,18H,2,8H2,1H3. The molecule has 5 heteroatoms. The monoisotopic (exact) mass is 278 g/mol. The summed E-state index contributed by atoms with van der Waals surface area (Å²) in [4.78, 5) is 11.5. The lowest BCUT2D eigenvalue weighted by Gasteiger charge is -2.10. The summed E-state index contributed by atoms with van der Waals surface area (Å²) in [5.41, 5.74) is 1.50. The number of nitrogens with zero attached hydrogens (tertiary/aromatic N) is 1. The van der Waals surface area contributed by atoms with Gasteiger partial charge in [-0.2, -0.15) is 0 Å². The molecule has 100 valence electrons. The van der Waals surface area contributed by atoms with Gasteiger partial charge in [-0.15, -0.1) is 0 Å². The molecule has 0 bridgehead atoms. The highest BCUT2D eigenvalue weighted by Crippen LogP contribution is 2.22. The first kappa shape index (κ1) is 13.5. The molecule has 2 N–H and O–H groups in total. The second kappa shape index (κ2) is 5.80. The number of anilines is 1. The van der Waals surface area contributed by atoms with Crippen LogP contribution in [0.4, 0.5) is 5.69 Å². The maximum absolute atomic E-state index is 11.5. The normalized spacial score (nSPS) is 10.4. The average molecular weight is 279 g/mol. The molecule has 0 radical (unpaired) electrons. The van der Waals surface area contributed by atoms with E-state index in [-0.39, 0.29) is 11.3 Å². The number of hydrogen-bond acceptors (Lipinski definition) is 3. The topological polar surface area (TPSA) is 54.3 Å². The Morgan fingerprint density at radius 2 is 2.11 bits per heavy atom. The summed E-state index contributed by atoms with van der Waals surface area (Å²) in [6.07, 6.45) is 1.75. The SMILES string of the molecule is CCn1cc(NCc2cc(Cl)ccc2O)ccc1=O. The quantitative estimate of drug-likeness (QED) is 0.904. The van der Waals surface area contributed by atoms with E-state index in [0.29, 0.717) is 23.7 Å². The zero-order chi connectivity index (χ0) is 13.8. The number of halogens is 1. The van der Waals surface area contributed by atoms with Gasteiger partial charge in [-0.3, -0.25) is 4.79 Å². The highest BCUT2D eigenvalue weighted by Gasteiger charge is 2.03. The lowest BCUT2D eigenvalue weighted by molar-refractivity contribution is 0.469. The van der Waals surface area contributed by atoms with Crippen LogP contribution in [0.1, 0.15) is 12.5 Å². The van der Waals surface area contributed by atoms with Crippen molar-refractivity contribution in [1.82, 2.24) is 4.57 Å². The van der Waals surface area contributed by atoms with Gasteiger partial charge in [-0.25, -0.2) is 0 Å². The Hall–Kier alpha value is -1.94. The third-order valence-electron chi connectivity index (χ3n) is 2.85. The molecule has 1 aromatic carbocycles. The van der Waals surface area contributed by atoms with Crippen molar-refractivity contribution in [3.05, 3.63) is 57.5 Å². The number of aromatic nitrogens is 1. The maximum Gasteiger partial charge on any atom is 0.250 e. The van der Waals surface area contributed by atoms with Crippen LogP contribution in [0.2, 0.25) is 5.02 Å². The molecule has 0 saturated heterocycles. The number of phenols is 1. The van der Waals surface area contributed by atoms with E-state index in [1.807, 2.05) is 6.92 Å². The van der Waals surface area contributed by atoms with E-state index in [1.54, 1.807) is 35.0 Å². The zero-order valence-electron chi connectivity index (χ0n) is 10.6. The molecule has 4 nitrogen and oxygen atoms in total. The fourth-order valence-corrected chi connectivity index (χ4v) is 1.97. The number of aryl methyl sites for hydroxylation is 1. The largest absolute Gasteiger partial charge is 0.508 e. The highest BCUT2D eigenvalue weighted by molar-refractivity contribution is 6.30. The number of rotatable bonds is 4. The molecule has 0 amide bonds. The lowest BCUT2D eigenvalue weighted by Crippen LogP contribution is -2.17. The first-order valence-electron chi connectivity index (χ1n) is 6.02. The third kappa shape index (κ3) is 3.29. The van der Waals surface area contributed by atoms with E-state index in [0.717, 1.165) is 5.69 Å². The van der Waals surface area contributed by atoms with Gasteiger partial charge >= 0.3 is 0 Å². The van der Waals surface area contributed by atoms with E-state index in [4.69, 9.17) is 11.6 Å². The molecule has 0 unspecified atom stereocenters. The van der Waals surface area contributed by atoms with Gasteiger partial charge in [-0.1, -0.05) is 11.6 Å². The molecule has 0 aliphatic heterocycles. The van der Waals surface area contributed by atoms with Crippen LogP contribution in [-0.2, 0) is 13.1 Å². The zero-order valence-corrected chi connectivity index (χ0v) is 11.3. The van der Waals surface area contributed by atoms with Crippen molar-refractivity contribution < 1.29 is 5.11 Å². The van der Waals surface area contributed by atoms with Crippen LogP contribution in [0, 0.1) is 0 Å². The average Bonchev–Trinajstić information content (AvgIpc) is 2.41. The van der Waals surface area contributed by atoms with E-state index in [2.05, 4.69) is 5.32 Å². The molecule has 19 heavy (non-hydrogen) atoms. The Morgan fingerprint density at radius 3 is 2.84 bits per heavy atom. The summed E-state index contributed by atoms with van der Waals surface area (Å²) >= 11 is 5.88. The van der Waals surface area contributed by atoms with Gasteiger partial charge < -0.3 is 15.0 Å².